The van der Waals surface area contributed by atoms with Gasteiger partial charge in [0, 0.05) is 19.0 Å². The van der Waals surface area contributed by atoms with Gasteiger partial charge in [0.05, 0.1) is 0 Å². The van der Waals surface area contributed by atoms with Gasteiger partial charge in [-0.1, -0.05) is 6.92 Å². The Morgan fingerprint density at radius 3 is 3.14 bits per heavy atom. The molecule has 4 heteroatoms. The standard InChI is InChI=1S/C10H20N2OS/c1-2-14-7-3-6-11-8-9-4-5-10(13)12-9/h9,11H,2-8H2,1H3,(H,12,13). The van der Waals surface area contributed by atoms with Gasteiger partial charge >= 0.3 is 0 Å². The van der Waals surface area contributed by atoms with E-state index in [-0.39, 0.29) is 5.91 Å². The molecule has 1 amide bonds. The van der Waals surface area contributed by atoms with Gasteiger partial charge in [-0.25, -0.2) is 0 Å². The normalized spacial score (nSPS) is 21.2. The third-order valence-corrected chi connectivity index (χ3v) is 3.31. The zero-order chi connectivity index (χ0) is 10.2. The predicted molar refractivity (Wildman–Crippen MR) is 61.7 cm³/mol. The zero-order valence-corrected chi connectivity index (χ0v) is 9.66. The van der Waals surface area contributed by atoms with Crippen molar-refractivity contribution in [3.8, 4) is 0 Å². The molecule has 0 aromatic carbocycles. The van der Waals surface area contributed by atoms with Crippen LogP contribution < -0.4 is 10.6 Å². The van der Waals surface area contributed by atoms with Gasteiger partial charge < -0.3 is 10.6 Å². The molecule has 0 saturated carbocycles. The van der Waals surface area contributed by atoms with Gasteiger partial charge in [0.2, 0.25) is 5.91 Å². The van der Waals surface area contributed by atoms with Crippen LogP contribution in [0.5, 0.6) is 0 Å². The number of amides is 1. The molecule has 0 aromatic heterocycles. The Labute approximate surface area is 90.4 Å². The number of hydrogen-bond acceptors (Lipinski definition) is 3. The quantitative estimate of drug-likeness (QED) is 0.624. The van der Waals surface area contributed by atoms with E-state index in [1.54, 1.807) is 0 Å². The van der Waals surface area contributed by atoms with Gasteiger partial charge in [-0.3, -0.25) is 4.79 Å². The van der Waals surface area contributed by atoms with Crippen LogP contribution in [-0.4, -0.2) is 36.5 Å². The number of nitrogens with one attached hydrogen (secondary N) is 2. The van der Waals surface area contributed by atoms with E-state index in [0.717, 1.165) is 19.5 Å². The van der Waals surface area contributed by atoms with Crippen LogP contribution in [0.3, 0.4) is 0 Å². The average Bonchev–Trinajstić information content (AvgIpc) is 2.58. The van der Waals surface area contributed by atoms with Crippen molar-refractivity contribution in [1.82, 2.24) is 10.6 Å². The molecular formula is C10H20N2OS. The molecule has 1 rings (SSSR count). The molecule has 0 bridgehead atoms. The number of carbonyl (C=O) groups excluding carboxylic acids is 1. The van der Waals surface area contributed by atoms with Crippen molar-refractivity contribution in [3.63, 3.8) is 0 Å². The van der Waals surface area contributed by atoms with E-state index in [9.17, 15) is 4.79 Å². The van der Waals surface area contributed by atoms with E-state index in [4.69, 9.17) is 0 Å². The smallest absolute Gasteiger partial charge is 0.220 e. The largest absolute Gasteiger partial charge is 0.352 e. The Bertz CT molecular complexity index is 176. The zero-order valence-electron chi connectivity index (χ0n) is 8.84. The molecule has 1 atom stereocenters. The molecule has 3 nitrogen and oxygen atoms in total. The maximum atomic E-state index is 10.9. The van der Waals surface area contributed by atoms with Crippen molar-refractivity contribution in [3.05, 3.63) is 0 Å². The molecule has 1 fully saturated rings. The summed E-state index contributed by atoms with van der Waals surface area (Å²) >= 11 is 1.98. The molecule has 2 N–H and O–H groups in total. The van der Waals surface area contributed by atoms with Crippen LogP contribution in [0.4, 0.5) is 0 Å². The van der Waals surface area contributed by atoms with Crippen molar-refractivity contribution in [2.75, 3.05) is 24.6 Å². The third kappa shape index (κ3) is 4.86. The van der Waals surface area contributed by atoms with Crippen molar-refractivity contribution >= 4 is 17.7 Å². The molecule has 1 unspecified atom stereocenters. The molecule has 1 aliphatic heterocycles. The number of hydrogen-bond donors (Lipinski definition) is 2. The van der Waals surface area contributed by atoms with E-state index in [1.807, 2.05) is 11.8 Å². The summed E-state index contributed by atoms with van der Waals surface area (Å²) in [6, 6.07) is 0.376. The average molecular weight is 216 g/mol. The van der Waals surface area contributed by atoms with Gasteiger partial charge in [0.1, 0.15) is 0 Å². The molecule has 1 heterocycles. The molecule has 0 aromatic rings. The molecule has 0 aliphatic carbocycles. The summed E-state index contributed by atoms with van der Waals surface area (Å²) in [5.74, 6) is 2.65. The van der Waals surface area contributed by atoms with E-state index >= 15 is 0 Å². The Kier molecular flexibility index (Phi) is 6.03. The second-order valence-corrected chi connectivity index (χ2v) is 4.95. The number of carbonyl (C=O) groups is 1. The van der Waals surface area contributed by atoms with Gasteiger partial charge in [0.25, 0.3) is 0 Å². The summed E-state index contributed by atoms with van der Waals surface area (Å²) in [4.78, 5) is 10.9. The van der Waals surface area contributed by atoms with Gasteiger partial charge in [-0.2, -0.15) is 11.8 Å². The first-order valence-corrected chi connectivity index (χ1v) is 6.56. The fourth-order valence-electron chi connectivity index (χ4n) is 1.55. The molecule has 14 heavy (non-hydrogen) atoms. The minimum Gasteiger partial charge on any atom is -0.352 e. The van der Waals surface area contributed by atoms with E-state index in [2.05, 4.69) is 17.6 Å². The summed E-state index contributed by atoms with van der Waals surface area (Å²) in [5.41, 5.74) is 0. The van der Waals surface area contributed by atoms with Gasteiger partial charge in [-0.15, -0.1) is 0 Å². The number of rotatable bonds is 7. The highest BCUT2D eigenvalue weighted by molar-refractivity contribution is 7.99. The maximum Gasteiger partial charge on any atom is 0.220 e. The van der Waals surface area contributed by atoms with Crippen LogP contribution >= 0.6 is 11.8 Å². The van der Waals surface area contributed by atoms with Crippen LogP contribution in [0.15, 0.2) is 0 Å². The van der Waals surface area contributed by atoms with Crippen molar-refractivity contribution < 1.29 is 4.79 Å². The Morgan fingerprint density at radius 2 is 2.50 bits per heavy atom. The van der Waals surface area contributed by atoms with Crippen LogP contribution in [0.2, 0.25) is 0 Å². The van der Waals surface area contributed by atoms with E-state index < -0.39 is 0 Å². The highest BCUT2D eigenvalue weighted by Gasteiger charge is 2.19. The van der Waals surface area contributed by atoms with E-state index in [0.29, 0.717) is 12.5 Å². The monoisotopic (exact) mass is 216 g/mol. The summed E-state index contributed by atoms with van der Waals surface area (Å²) in [6.45, 7) is 4.19. The SMILES string of the molecule is CCSCCCNCC1CCC(=O)N1. The fraction of sp³-hybridized carbons (Fsp3) is 0.900. The van der Waals surface area contributed by atoms with Crippen LogP contribution in [0, 0.1) is 0 Å². The highest BCUT2D eigenvalue weighted by atomic mass is 32.2. The molecule has 1 saturated heterocycles. The lowest BCUT2D eigenvalue weighted by molar-refractivity contribution is -0.119. The van der Waals surface area contributed by atoms with Crippen LogP contribution in [0.1, 0.15) is 26.2 Å². The molecular weight excluding hydrogens is 196 g/mol. The molecule has 0 radical (unpaired) electrons. The summed E-state index contributed by atoms with van der Waals surface area (Å²) < 4.78 is 0. The van der Waals surface area contributed by atoms with Crippen LogP contribution in [0.25, 0.3) is 0 Å². The highest BCUT2D eigenvalue weighted by Crippen LogP contribution is 2.05. The molecule has 1 aliphatic rings. The minimum absolute atomic E-state index is 0.207. The summed E-state index contributed by atoms with van der Waals surface area (Å²) in [7, 11) is 0. The first kappa shape index (κ1) is 11.9. The molecule has 0 spiro atoms. The second-order valence-electron chi connectivity index (χ2n) is 3.56. The molecule has 82 valence electrons. The fourth-order valence-corrected chi connectivity index (χ4v) is 2.19. The Hall–Kier alpha value is -0.220. The van der Waals surface area contributed by atoms with E-state index in [1.165, 1.54) is 17.9 Å². The summed E-state index contributed by atoms with van der Waals surface area (Å²) in [5, 5.41) is 6.33. The van der Waals surface area contributed by atoms with Crippen molar-refractivity contribution in [2.45, 2.75) is 32.2 Å². The lowest BCUT2D eigenvalue weighted by atomic mass is 10.2. The number of thioether (sulfide) groups is 1. The van der Waals surface area contributed by atoms with Gasteiger partial charge in [0.15, 0.2) is 0 Å². The van der Waals surface area contributed by atoms with Crippen LogP contribution in [-0.2, 0) is 4.79 Å². The second kappa shape index (κ2) is 7.12. The first-order chi connectivity index (χ1) is 6.83. The third-order valence-electron chi connectivity index (χ3n) is 2.32. The van der Waals surface area contributed by atoms with Crippen molar-refractivity contribution in [1.29, 1.82) is 0 Å². The lowest BCUT2D eigenvalue weighted by Gasteiger charge is -2.10. The minimum atomic E-state index is 0.207. The van der Waals surface area contributed by atoms with Gasteiger partial charge in [-0.05, 0) is 30.9 Å². The predicted octanol–water partition coefficient (Wildman–Crippen LogP) is 0.998. The Balaban J connectivity index is 1.86. The topological polar surface area (TPSA) is 41.1 Å². The summed E-state index contributed by atoms with van der Waals surface area (Å²) in [6.07, 6.45) is 2.92. The lowest BCUT2D eigenvalue weighted by Crippen LogP contribution is -2.36. The first-order valence-electron chi connectivity index (χ1n) is 5.40. The maximum absolute atomic E-state index is 10.9. The van der Waals surface area contributed by atoms with Crippen molar-refractivity contribution in [2.24, 2.45) is 0 Å². The Morgan fingerprint density at radius 1 is 1.64 bits per heavy atom.